The molecule has 1 fully saturated rings. The number of anilines is 1. The number of carbonyl (C=O) groups is 1. The van der Waals surface area contributed by atoms with E-state index in [1.54, 1.807) is 12.1 Å². The molecule has 4 heteroatoms. The van der Waals surface area contributed by atoms with Crippen LogP contribution >= 0.6 is 0 Å². The number of carboxylic acid groups (broad SMARTS) is 1. The summed E-state index contributed by atoms with van der Waals surface area (Å²) in [7, 11) is 0. The fourth-order valence-corrected chi connectivity index (χ4v) is 2.47. The van der Waals surface area contributed by atoms with Crippen LogP contribution in [0.3, 0.4) is 0 Å². The molecule has 0 aromatic carbocycles. The van der Waals surface area contributed by atoms with Crippen molar-refractivity contribution in [3.8, 4) is 0 Å². The van der Waals surface area contributed by atoms with Gasteiger partial charge in [-0.05, 0) is 38.3 Å². The molecule has 0 spiro atoms. The Labute approximate surface area is 101 Å². The topological polar surface area (TPSA) is 53.4 Å². The van der Waals surface area contributed by atoms with Crippen molar-refractivity contribution in [3.63, 3.8) is 0 Å². The van der Waals surface area contributed by atoms with Crippen molar-refractivity contribution < 1.29 is 9.90 Å². The monoisotopic (exact) mass is 234 g/mol. The predicted molar refractivity (Wildman–Crippen MR) is 66.6 cm³/mol. The van der Waals surface area contributed by atoms with Gasteiger partial charge in [0.15, 0.2) is 0 Å². The van der Waals surface area contributed by atoms with Crippen LogP contribution < -0.4 is 4.90 Å². The van der Waals surface area contributed by atoms with E-state index in [0.717, 1.165) is 31.5 Å². The number of nitrogens with zero attached hydrogens (tertiary/aromatic N) is 2. The molecule has 2 rings (SSSR count). The predicted octanol–water partition coefficient (Wildman–Crippen LogP) is 2.47. The molecule has 1 aliphatic rings. The van der Waals surface area contributed by atoms with Gasteiger partial charge in [-0.15, -0.1) is 0 Å². The molecule has 2 heterocycles. The van der Waals surface area contributed by atoms with Gasteiger partial charge >= 0.3 is 5.97 Å². The Morgan fingerprint density at radius 1 is 1.59 bits per heavy atom. The number of hydrogen-bond donors (Lipinski definition) is 1. The van der Waals surface area contributed by atoms with E-state index in [-0.39, 0.29) is 0 Å². The van der Waals surface area contributed by atoms with E-state index in [9.17, 15) is 9.90 Å². The highest BCUT2D eigenvalue weighted by Gasteiger charge is 2.27. The van der Waals surface area contributed by atoms with E-state index < -0.39 is 5.97 Å². The Hall–Kier alpha value is -1.58. The molecule has 1 aromatic rings. The molecule has 0 bridgehead atoms. The summed E-state index contributed by atoms with van der Waals surface area (Å²) in [5.74, 6) is -0.254. The van der Waals surface area contributed by atoms with Crippen LogP contribution in [0.2, 0.25) is 0 Å². The summed E-state index contributed by atoms with van der Waals surface area (Å²) in [4.78, 5) is 17.8. The first-order valence-electron chi connectivity index (χ1n) is 6.11. The van der Waals surface area contributed by atoms with Gasteiger partial charge in [0.05, 0.1) is 0 Å². The van der Waals surface area contributed by atoms with E-state index in [1.807, 2.05) is 6.92 Å². The zero-order valence-corrected chi connectivity index (χ0v) is 10.3. The second-order valence-electron chi connectivity index (χ2n) is 4.53. The molecule has 92 valence electrons. The number of pyridine rings is 1. The highest BCUT2D eigenvalue weighted by Crippen LogP contribution is 2.28. The number of hydrogen-bond acceptors (Lipinski definition) is 3. The Balaban J connectivity index is 2.42. The average Bonchev–Trinajstić information content (AvgIpc) is 2.76. The lowest BCUT2D eigenvalue weighted by molar-refractivity contribution is 0.0697. The van der Waals surface area contributed by atoms with Crippen LogP contribution in [0.25, 0.3) is 0 Å². The minimum atomic E-state index is -0.894. The van der Waals surface area contributed by atoms with Gasteiger partial charge < -0.3 is 10.0 Å². The smallest absolute Gasteiger partial charge is 0.339 e. The fourth-order valence-electron chi connectivity index (χ4n) is 2.47. The molecule has 1 atom stereocenters. The van der Waals surface area contributed by atoms with Crippen molar-refractivity contribution in [1.82, 2.24) is 4.98 Å². The Kier molecular flexibility index (Phi) is 3.31. The molecular weight excluding hydrogens is 216 g/mol. The quantitative estimate of drug-likeness (QED) is 0.872. The molecule has 1 saturated heterocycles. The summed E-state index contributed by atoms with van der Waals surface area (Å²) in [6, 6.07) is 3.84. The van der Waals surface area contributed by atoms with Gasteiger partial charge in [0.1, 0.15) is 11.4 Å². The zero-order valence-electron chi connectivity index (χ0n) is 10.3. The second kappa shape index (κ2) is 4.73. The molecule has 1 N–H and O–H groups in total. The molecule has 0 aliphatic carbocycles. The van der Waals surface area contributed by atoms with Crippen LogP contribution in [-0.2, 0) is 0 Å². The van der Waals surface area contributed by atoms with Crippen LogP contribution in [0.5, 0.6) is 0 Å². The van der Waals surface area contributed by atoms with Crippen LogP contribution in [0.4, 0.5) is 5.82 Å². The maximum atomic E-state index is 11.2. The van der Waals surface area contributed by atoms with Gasteiger partial charge in [-0.1, -0.05) is 6.92 Å². The molecule has 17 heavy (non-hydrogen) atoms. The number of rotatable bonds is 3. The van der Waals surface area contributed by atoms with Crippen LogP contribution in [0.1, 0.15) is 42.2 Å². The van der Waals surface area contributed by atoms with Gasteiger partial charge in [0, 0.05) is 18.3 Å². The molecule has 0 radical (unpaired) electrons. The third-order valence-corrected chi connectivity index (χ3v) is 3.37. The van der Waals surface area contributed by atoms with E-state index >= 15 is 0 Å². The summed E-state index contributed by atoms with van der Waals surface area (Å²) in [6.07, 6.45) is 3.28. The van der Waals surface area contributed by atoms with Crippen molar-refractivity contribution in [2.45, 2.75) is 39.2 Å². The Morgan fingerprint density at radius 3 is 3.00 bits per heavy atom. The molecule has 4 nitrogen and oxygen atoms in total. The lowest BCUT2D eigenvalue weighted by Crippen LogP contribution is -2.31. The molecular formula is C13H18N2O2. The highest BCUT2D eigenvalue weighted by molar-refractivity contribution is 5.93. The lowest BCUT2D eigenvalue weighted by atomic mass is 10.1. The first kappa shape index (κ1) is 11.9. The summed E-state index contributed by atoms with van der Waals surface area (Å²) in [5, 5.41) is 9.21. The van der Waals surface area contributed by atoms with Crippen molar-refractivity contribution in [3.05, 3.63) is 23.4 Å². The fraction of sp³-hybridized carbons (Fsp3) is 0.538. The number of aromatic nitrogens is 1. The van der Waals surface area contributed by atoms with Crippen LogP contribution in [0, 0.1) is 6.92 Å². The summed E-state index contributed by atoms with van der Waals surface area (Å²) < 4.78 is 0. The lowest BCUT2D eigenvalue weighted by Gasteiger charge is -2.26. The summed E-state index contributed by atoms with van der Waals surface area (Å²) in [6.45, 7) is 4.95. The van der Waals surface area contributed by atoms with Gasteiger partial charge in [0.25, 0.3) is 0 Å². The number of carboxylic acids is 1. The van der Waals surface area contributed by atoms with E-state index in [2.05, 4.69) is 16.8 Å². The van der Waals surface area contributed by atoms with Crippen LogP contribution in [-0.4, -0.2) is 28.6 Å². The van der Waals surface area contributed by atoms with Gasteiger partial charge in [-0.2, -0.15) is 0 Å². The largest absolute Gasteiger partial charge is 0.478 e. The molecule has 1 aromatic heterocycles. The highest BCUT2D eigenvalue weighted by atomic mass is 16.4. The third kappa shape index (κ3) is 2.25. The van der Waals surface area contributed by atoms with Crippen molar-refractivity contribution in [2.24, 2.45) is 0 Å². The third-order valence-electron chi connectivity index (χ3n) is 3.37. The Bertz CT molecular complexity index is 431. The van der Waals surface area contributed by atoms with E-state index in [4.69, 9.17) is 0 Å². The molecule has 0 amide bonds. The maximum Gasteiger partial charge on any atom is 0.339 e. The average molecular weight is 234 g/mol. The van der Waals surface area contributed by atoms with E-state index in [1.165, 1.54) is 0 Å². The summed E-state index contributed by atoms with van der Waals surface area (Å²) in [5.41, 5.74) is 1.18. The molecule has 1 unspecified atom stereocenters. The Morgan fingerprint density at radius 2 is 2.35 bits per heavy atom. The number of aromatic carboxylic acids is 1. The minimum absolute atomic E-state index is 0.316. The molecule has 1 aliphatic heterocycles. The standard InChI is InChI=1S/C13H18N2O2/c1-3-10-5-4-8-15(10)12-11(13(16)17)7-6-9(2)14-12/h6-7,10H,3-5,8H2,1-2H3,(H,16,17). The number of aryl methyl sites for hydroxylation is 1. The first-order chi connectivity index (χ1) is 8.13. The van der Waals surface area contributed by atoms with Gasteiger partial charge in [0.2, 0.25) is 0 Å². The van der Waals surface area contributed by atoms with Crippen molar-refractivity contribution >= 4 is 11.8 Å². The maximum absolute atomic E-state index is 11.2. The zero-order chi connectivity index (χ0) is 12.4. The van der Waals surface area contributed by atoms with Gasteiger partial charge in [-0.3, -0.25) is 0 Å². The molecule has 0 saturated carbocycles. The SMILES string of the molecule is CCC1CCCN1c1nc(C)ccc1C(=O)O. The van der Waals surface area contributed by atoms with Gasteiger partial charge in [-0.25, -0.2) is 9.78 Å². The normalized spacial score (nSPS) is 19.6. The minimum Gasteiger partial charge on any atom is -0.478 e. The first-order valence-corrected chi connectivity index (χ1v) is 6.11. The van der Waals surface area contributed by atoms with Crippen LogP contribution in [0.15, 0.2) is 12.1 Å². The van der Waals surface area contributed by atoms with Crippen molar-refractivity contribution in [1.29, 1.82) is 0 Å². The van der Waals surface area contributed by atoms with E-state index in [0.29, 0.717) is 17.4 Å². The second-order valence-corrected chi connectivity index (χ2v) is 4.53. The van der Waals surface area contributed by atoms with Crippen molar-refractivity contribution in [2.75, 3.05) is 11.4 Å². The summed E-state index contributed by atoms with van der Waals surface area (Å²) >= 11 is 0.